The van der Waals surface area contributed by atoms with E-state index in [0.29, 0.717) is 0 Å². The van der Waals surface area contributed by atoms with Crippen molar-refractivity contribution in [1.82, 2.24) is 9.80 Å². The molecule has 0 spiro atoms. The van der Waals surface area contributed by atoms with Gasteiger partial charge < -0.3 is 4.90 Å². The largest absolute Gasteiger partial charge is 0.373 e. The Balaban J connectivity index is 2.31. The fourth-order valence-corrected chi connectivity index (χ4v) is 1.83. The van der Waals surface area contributed by atoms with Crippen molar-refractivity contribution in [3.8, 4) is 0 Å². The lowest BCUT2D eigenvalue weighted by atomic mass is 10.2. The summed E-state index contributed by atoms with van der Waals surface area (Å²) < 4.78 is 0. The van der Waals surface area contributed by atoms with E-state index in [0.717, 1.165) is 39.1 Å². The third-order valence-electron chi connectivity index (χ3n) is 2.72. The maximum absolute atomic E-state index is 4.07. The van der Waals surface area contributed by atoms with Crippen molar-refractivity contribution < 1.29 is 0 Å². The van der Waals surface area contributed by atoms with Gasteiger partial charge in [0.1, 0.15) is 0 Å². The molecule has 1 rings (SSSR count). The first-order valence-electron chi connectivity index (χ1n) is 5.43. The van der Waals surface area contributed by atoms with Crippen LogP contribution in [0.4, 0.5) is 0 Å². The maximum Gasteiger partial charge on any atom is 0.0303 e. The van der Waals surface area contributed by atoms with Gasteiger partial charge in [0, 0.05) is 38.4 Å². The molecule has 80 valence electrons. The van der Waals surface area contributed by atoms with Gasteiger partial charge in [0.25, 0.3) is 0 Å². The lowest BCUT2D eigenvalue weighted by molar-refractivity contribution is 0.167. The van der Waals surface area contributed by atoms with Gasteiger partial charge in [-0.1, -0.05) is 25.7 Å². The van der Waals surface area contributed by atoms with E-state index in [9.17, 15) is 0 Å². The first-order chi connectivity index (χ1) is 6.63. The highest BCUT2D eigenvalue weighted by atomic mass is 15.3. The summed E-state index contributed by atoms with van der Waals surface area (Å²) in [5.41, 5.74) is 2.53. The molecule has 0 saturated carbocycles. The molecule has 0 bridgehead atoms. The second-order valence-electron chi connectivity index (χ2n) is 4.14. The Hall–Kier alpha value is -0.760. The molecule has 2 heteroatoms. The number of piperazine rings is 1. The number of rotatable bonds is 4. The third-order valence-corrected chi connectivity index (χ3v) is 2.72. The van der Waals surface area contributed by atoms with Gasteiger partial charge in [-0.15, -0.1) is 0 Å². The number of hydrogen-bond acceptors (Lipinski definition) is 2. The summed E-state index contributed by atoms with van der Waals surface area (Å²) in [5.74, 6) is 0. The van der Waals surface area contributed by atoms with E-state index in [2.05, 4.69) is 36.8 Å². The van der Waals surface area contributed by atoms with E-state index in [-0.39, 0.29) is 0 Å². The number of hydrogen-bond donors (Lipinski definition) is 0. The molecule has 1 aliphatic heterocycles. The van der Waals surface area contributed by atoms with Crippen molar-refractivity contribution >= 4 is 0 Å². The molecule has 0 radical (unpaired) electrons. The van der Waals surface area contributed by atoms with Gasteiger partial charge in [-0.3, -0.25) is 4.90 Å². The molecule has 14 heavy (non-hydrogen) atoms. The third kappa shape index (κ3) is 3.18. The van der Waals surface area contributed by atoms with Gasteiger partial charge in [0.15, 0.2) is 0 Å². The molecule has 0 aromatic carbocycles. The molecule has 2 nitrogen and oxygen atoms in total. The van der Waals surface area contributed by atoms with Crippen LogP contribution in [0.2, 0.25) is 0 Å². The lowest BCUT2D eigenvalue weighted by Gasteiger charge is -2.36. The Bertz CT molecular complexity index is 212. The molecule has 0 aromatic heterocycles. The Morgan fingerprint density at radius 1 is 1.14 bits per heavy atom. The van der Waals surface area contributed by atoms with Crippen LogP contribution in [0.3, 0.4) is 0 Å². The van der Waals surface area contributed by atoms with Crippen molar-refractivity contribution in [1.29, 1.82) is 0 Å². The molecule has 0 amide bonds. The number of allylic oxidation sites excluding steroid dienone is 1. The van der Waals surface area contributed by atoms with Crippen LogP contribution in [-0.4, -0.2) is 42.5 Å². The average molecular weight is 194 g/mol. The van der Waals surface area contributed by atoms with Gasteiger partial charge in [-0.2, -0.15) is 0 Å². The van der Waals surface area contributed by atoms with E-state index in [4.69, 9.17) is 0 Å². The molecule has 1 saturated heterocycles. The Kier molecular flexibility index (Phi) is 4.21. The molecule has 0 unspecified atom stereocenters. The summed E-state index contributed by atoms with van der Waals surface area (Å²) >= 11 is 0. The Morgan fingerprint density at radius 3 is 2.14 bits per heavy atom. The van der Waals surface area contributed by atoms with Crippen LogP contribution in [-0.2, 0) is 0 Å². The molecule has 0 N–H and O–H groups in total. The van der Waals surface area contributed by atoms with Crippen molar-refractivity contribution in [2.24, 2.45) is 0 Å². The van der Waals surface area contributed by atoms with Crippen LogP contribution in [0.15, 0.2) is 24.4 Å². The minimum atomic E-state index is 1.05. The van der Waals surface area contributed by atoms with Crippen LogP contribution >= 0.6 is 0 Å². The Morgan fingerprint density at radius 2 is 1.71 bits per heavy atom. The topological polar surface area (TPSA) is 6.48 Å². The van der Waals surface area contributed by atoms with Gasteiger partial charge in [-0.05, 0) is 13.3 Å². The average Bonchev–Trinajstić information content (AvgIpc) is 2.17. The highest BCUT2D eigenvalue weighted by molar-refractivity contribution is 4.97. The normalized spacial score (nSPS) is 18.3. The summed E-state index contributed by atoms with van der Waals surface area (Å²) in [6.45, 7) is 17.9. The minimum absolute atomic E-state index is 1.05. The molecular formula is C12H22N2. The zero-order valence-corrected chi connectivity index (χ0v) is 9.55. The summed E-state index contributed by atoms with van der Waals surface area (Å²) in [6.07, 6.45) is 1.07. The summed E-state index contributed by atoms with van der Waals surface area (Å²) in [4.78, 5) is 4.86. The minimum Gasteiger partial charge on any atom is -0.373 e. The van der Waals surface area contributed by atoms with E-state index < -0.39 is 0 Å². The van der Waals surface area contributed by atoms with E-state index in [1.165, 1.54) is 11.3 Å². The predicted molar refractivity (Wildman–Crippen MR) is 62.3 cm³/mol. The Labute approximate surface area is 87.9 Å². The standard InChI is InChI=1S/C12H22N2/c1-5-12(4)14-8-6-13(7-9-14)10-11(2)3/h2,4-10H2,1,3H3. The van der Waals surface area contributed by atoms with Crippen LogP contribution in [0, 0.1) is 0 Å². The van der Waals surface area contributed by atoms with E-state index in [1.54, 1.807) is 0 Å². The zero-order chi connectivity index (χ0) is 10.6. The SMILES string of the molecule is C=C(C)CN1CCN(C(=C)CC)CC1. The fourth-order valence-electron chi connectivity index (χ4n) is 1.83. The van der Waals surface area contributed by atoms with Crippen molar-refractivity contribution in [2.75, 3.05) is 32.7 Å². The van der Waals surface area contributed by atoms with Gasteiger partial charge in [-0.25, -0.2) is 0 Å². The van der Waals surface area contributed by atoms with Crippen molar-refractivity contribution in [3.63, 3.8) is 0 Å². The highest BCUT2D eigenvalue weighted by Gasteiger charge is 2.16. The van der Waals surface area contributed by atoms with E-state index in [1.807, 2.05) is 0 Å². The monoisotopic (exact) mass is 194 g/mol. The molecule has 1 aliphatic rings. The zero-order valence-electron chi connectivity index (χ0n) is 9.55. The van der Waals surface area contributed by atoms with Crippen LogP contribution in [0.1, 0.15) is 20.3 Å². The second-order valence-corrected chi connectivity index (χ2v) is 4.14. The summed E-state index contributed by atoms with van der Waals surface area (Å²) in [7, 11) is 0. The van der Waals surface area contributed by atoms with Gasteiger partial charge >= 0.3 is 0 Å². The van der Waals surface area contributed by atoms with Gasteiger partial charge in [0.05, 0.1) is 0 Å². The molecule has 0 aliphatic carbocycles. The number of nitrogens with zero attached hydrogens (tertiary/aromatic N) is 2. The predicted octanol–water partition coefficient (Wildman–Crippen LogP) is 2.10. The maximum atomic E-state index is 4.07. The lowest BCUT2D eigenvalue weighted by Crippen LogP contribution is -2.45. The first-order valence-corrected chi connectivity index (χ1v) is 5.43. The van der Waals surface area contributed by atoms with E-state index >= 15 is 0 Å². The van der Waals surface area contributed by atoms with Gasteiger partial charge in [0.2, 0.25) is 0 Å². The first kappa shape index (κ1) is 11.3. The molecular weight excluding hydrogens is 172 g/mol. The molecule has 1 heterocycles. The van der Waals surface area contributed by atoms with Crippen molar-refractivity contribution in [2.45, 2.75) is 20.3 Å². The smallest absolute Gasteiger partial charge is 0.0303 e. The highest BCUT2D eigenvalue weighted by Crippen LogP contribution is 2.11. The summed E-state index contributed by atoms with van der Waals surface area (Å²) in [5, 5.41) is 0. The quantitative estimate of drug-likeness (QED) is 0.632. The molecule has 1 fully saturated rings. The van der Waals surface area contributed by atoms with Crippen LogP contribution in [0.5, 0.6) is 0 Å². The molecule has 0 aromatic rings. The van der Waals surface area contributed by atoms with Crippen molar-refractivity contribution in [3.05, 3.63) is 24.4 Å². The molecule has 0 atom stereocenters. The summed E-state index contributed by atoms with van der Waals surface area (Å²) in [6, 6.07) is 0. The van der Waals surface area contributed by atoms with Crippen LogP contribution in [0.25, 0.3) is 0 Å². The van der Waals surface area contributed by atoms with Crippen LogP contribution < -0.4 is 0 Å². The second kappa shape index (κ2) is 5.20. The fraction of sp³-hybridized carbons (Fsp3) is 0.667.